The number of aromatic nitrogens is 1. The highest BCUT2D eigenvalue weighted by atomic mass is 79.9. The molecule has 6 heteroatoms. The van der Waals surface area contributed by atoms with Crippen LogP contribution in [-0.4, -0.2) is 16.8 Å². The molecule has 0 bridgehead atoms. The lowest BCUT2D eigenvalue weighted by atomic mass is 9.59. The Hall–Kier alpha value is -1.95. The van der Waals surface area contributed by atoms with Gasteiger partial charge in [0.2, 0.25) is 0 Å². The minimum atomic E-state index is -0.986. The maximum Gasteiger partial charge on any atom is 0.168 e. The summed E-state index contributed by atoms with van der Waals surface area (Å²) in [6, 6.07) is 6.22. The number of aliphatic imine (C=N–C) groups is 1. The van der Waals surface area contributed by atoms with Crippen molar-refractivity contribution in [2.24, 2.45) is 22.1 Å². The van der Waals surface area contributed by atoms with Gasteiger partial charge in [0.25, 0.3) is 0 Å². The Labute approximate surface area is 187 Å². The molecule has 2 aliphatic rings. The van der Waals surface area contributed by atoms with E-state index in [-0.39, 0.29) is 17.1 Å². The molecule has 0 saturated carbocycles. The van der Waals surface area contributed by atoms with Gasteiger partial charge in [-0.15, -0.1) is 0 Å². The van der Waals surface area contributed by atoms with E-state index in [2.05, 4.69) is 33.2 Å². The highest BCUT2D eigenvalue weighted by Gasteiger charge is 2.63. The van der Waals surface area contributed by atoms with Crippen molar-refractivity contribution in [1.82, 2.24) is 5.16 Å². The molecule has 0 aliphatic heterocycles. The molecule has 0 amide bonds. The number of carbonyl (C=O) groups excluding carboxylic acids is 1. The van der Waals surface area contributed by atoms with Gasteiger partial charge < -0.3 is 10.3 Å². The van der Waals surface area contributed by atoms with Gasteiger partial charge in [0.1, 0.15) is 5.76 Å². The van der Waals surface area contributed by atoms with Crippen LogP contribution in [0.3, 0.4) is 0 Å². The molecule has 0 radical (unpaired) electrons. The first-order valence-corrected chi connectivity index (χ1v) is 11.6. The van der Waals surface area contributed by atoms with Crippen molar-refractivity contribution in [2.75, 3.05) is 0 Å². The summed E-state index contributed by atoms with van der Waals surface area (Å²) in [5.41, 5.74) is 9.11. The van der Waals surface area contributed by atoms with Crippen molar-refractivity contribution in [1.29, 1.82) is 0 Å². The Bertz CT molecular complexity index is 990. The van der Waals surface area contributed by atoms with Gasteiger partial charge in [-0.3, -0.25) is 9.79 Å². The molecule has 2 aromatic rings. The van der Waals surface area contributed by atoms with E-state index >= 15 is 0 Å². The summed E-state index contributed by atoms with van der Waals surface area (Å²) in [4.78, 5) is 18.8. The zero-order chi connectivity index (χ0) is 22.3. The number of Topliss-reactive ketones (excluding diaryl/α,β-unsaturated/α-hetero) is 1. The fourth-order valence-electron chi connectivity index (χ4n) is 5.23. The van der Waals surface area contributed by atoms with Crippen LogP contribution in [0.5, 0.6) is 0 Å². The quantitative estimate of drug-likeness (QED) is 0.484. The molecule has 1 aromatic carbocycles. The third-order valence-electron chi connectivity index (χ3n) is 6.40. The minimum absolute atomic E-state index is 0.131. The highest BCUT2D eigenvalue weighted by molar-refractivity contribution is 9.10. The number of carbonyl (C=O) groups is 1. The number of ketones is 1. The van der Waals surface area contributed by atoms with E-state index < -0.39 is 5.54 Å². The van der Waals surface area contributed by atoms with Crippen molar-refractivity contribution in [3.05, 3.63) is 50.8 Å². The molecule has 2 atom stereocenters. The Morgan fingerprint density at radius 3 is 2.63 bits per heavy atom. The molecular formula is C24H32BrN3O2. The molecule has 1 aromatic heterocycles. The number of halogens is 1. The second-order valence-corrected chi connectivity index (χ2v) is 9.50. The van der Waals surface area contributed by atoms with Gasteiger partial charge in [0.15, 0.2) is 11.3 Å². The molecule has 162 valence electrons. The van der Waals surface area contributed by atoms with Gasteiger partial charge in [-0.2, -0.15) is 0 Å². The first-order valence-electron chi connectivity index (χ1n) is 10.8. The van der Waals surface area contributed by atoms with E-state index in [1.54, 1.807) is 6.92 Å². The molecule has 2 N–H and O–H groups in total. The van der Waals surface area contributed by atoms with Gasteiger partial charge in [0.05, 0.1) is 11.5 Å². The van der Waals surface area contributed by atoms with Crippen molar-refractivity contribution in [3.8, 4) is 0 Å². The molecule has 2 unspecified atom stereocenters. The zero-order valence-corrected chi connectivity index (χ0v) is 20.4. The maximum absolute atomic E-state index is 13.9. The molecular weight excluding hydrogens is 442 g/mol. The highest BCUT2D eigenvalue weighted by Crippen LogP contribution is 2.60. The Morgan fingerprint density at radius 1 is 1.30 bits per heavy atom. The van der Waals surface area contributed by atoms with E-state index in [1.165, 1.54) is 5.56 Å². The predicted molar refractivity (Wildman–Crippen MR) is 124 cm³/mol. The zero-order valence-electron chi connectivity index (χ0n) is 18.8. The topological polar surface area (TPSA) is 81.5 Å². The number of rotatable bonds is 3. The SMILES string of the molecule is CC.CC(N)=NC1(C(=O)C(C)C)c2cc(Br)ccc2CC12CCc1noc(C)c1C2. The second kappa shape index (κ2) is 8.29. The molecule has 1 heterocycles. The largest absolute Gasteiger partial charge is 0.388 e. The predicted octanol–water partition coefficient (Wildman–Crippen LogP) is 5.30. The van der Waals surface area contributed by atoms with E-state index in [4.69, 9.17) is 15.2 Å². The fourth-order valence-corrected chi connectivity index (χ4v) is 5.59. The number of nitrogens with zero attached hydrogens (tertiary/aromatic N) is 2. The summed E-state index contributed by atoms with van der Waals surface area (Å²) in [6.45, 7) is 11.6. The van der Waals surface area contributed by atoms with Crippen LogP contribution in [0, 0.1) is 18.3 Å². The molecule has 1 spiro atoms. The average Bonchev–Trinajstić information content (AvgIpc) is 3.19. The Morgan fingerprint density at radius 2 is 2.00 bits per heavy atom. The normalized spacial score (nSPS) is 25.0. The summed E-state index contributed by atoms with van der Waals surface area (Å²) in [5, 5.41) is 4.23. The molecule has 0 saturated heterocycles. The van der Waals surface area contributed by atoms with Crippen molar-refractivity contribution in [2.45, 2.75) is 72.8 Å². The van der Waals surface area contributed by atoms with Crippen molar-refractivity contribution < 1.29 is 9.32 Å². The van der Waals surface area contributed by atoms with Crippen LogP contribution in [0.1, 0.15) is 69.2 Å². The van der Waals surface area contributed by atoms with Gasteiger partial charge in [-0.05, 0) is 62.8 Å². The van der Waals surface area contributed by atoms with Crippen LogP contribution in [0.2, 0.25) is 0 Å². The standard InChI is InChI=1S/C22H26BrN3O2.C2H6/c1-12(2)20(27)22(25-14(4)24)18-9-16(23)6-5-15(18)10-21(22)8-7-19-17(11-21)13(3)28-26-19;1-2/h5-6,9,12H,7-8,10-11H2,1-4H3,(H2,24,25);1-2H3. The number of hydrogen-bond donors (Lipinski definition) is 1. The number of nitrogens with two attached hydrogens (primary N) is 1. The Balaban J connectivity index is 0.00000124. The number of aryl methyl sites for hydroxylation is 2. The smallest absolute Gasteiger partial charge is 0.168 e. The lowest BCUT2D eigenvalue weighted by molar-refractivity contribution is -0.132. The molecule has 0 fully saturated rings. The van der Waals surface area contributed by atoms with E-state index in [0.29, 0.717) is 5.84 Å². The first kappa shape index (κ1) is 22.7. The van der Waals surface area contributed by atoms with E-state index in [0.717, 1.165) is 52.7 Å². The van der Waals surface area contributed by atoms with Gasteiger partial charge >= 0.3 is 0 Å². The second-order valence-electron chi connectivity index (χ2n) is 8.58. The van der Waals surface area contributed by atoms with Crippen LogP contribution in [0.4, 0.5) is 0 Å². The molecule has 5 nitrogen and oxygen atoms in total. The van der Waals surface area contributed by atoms with Crippen molar-refractivity contribution >= 4 is 27.5 Å². The summed E-state index contributed by atoms with van der Waals surface area (Å²) >= 11 is 3.60. The van der Waals surface area contributed by atoms with Crippen LogP contribution < -0.4 is 5.73 Å². The summed E-state index contributed by atoms with van der Waals surface area (Å²) in [6.07, 6.45) is 3.13. The van der Waals surface area contributed by atoms with Gasteiger partial charge in [-0.25, -0.2) is 0 Å². The number of benzene rings is 1. The van der Waals surface area contributed by atoms with E-state index in [9.17, 15) is 4.79 Å². The minimum Gasteiger partial charge on any atom is -0.388 e. The van der Waals surface area contributed by atoms with Crippen LogP contribution in [0.25, 0.3) is 0 Å². The third-order valence-corrected chi connectivity index (χ3v) is 6.90. The molecule has 4 rings (SSSR count). The van der Waals surface area contributed by atoms with E-state index in [1.807, 2.05) is 40.7 Å². The lowest BCUT2D eigenvalue weighted by Gasteiger charge is -2.46. The van der Waals surface area contributed by atoms with Gasteiger partial charge in [-0.1, -0.05) is 54.8 Å². The van der Waals surface area contributed by atoms with Crippen LogP contribution >= 0.6 is 15.9 Å². The number of fused-ring (bicyclic) bond motifs is 2. The summed E-state index contributed by atoms with van der Waals surface area (Å²) < 4.78 is 6.42. The molecule has 2 aliphatic carbocycles. The van der Waals surface area contributed by atoms with Crippen molar-refractivity contribution in [3.63, 3.8) is 0 Å². The van der Waals surface area contributed by atoms with Gasteiger partial charge in [0, 0.05) is 21.4 Å². The third kappa shape index (κ3) is 3.33. The Kier molecular flexibility index (Phi) is 6.28. The van der Waals surface area contributed by atoms with Crippen LogP contribution in [0.15, 0.2) is 32.2 Å². The molecule has 30 heavy (non-hydrogen) atoms. The summed E-state index contributed by atoms with van der Waals surface area (Å²) in [7, 11) is 0. The first-order chi connectivity index (χ1) is 14.2. The summed E-state index contributed by atoms with van der Waals surface area (Å²) in [5.74, 6) is 1.25. The monoisotopic (exact) mass is 473 g/mol. The average molecular weight is 474 g/mol. The fraction of sp³-hybridized carbons (Fsp3) is 0.542. The lowest BCUT2D eigenvalue weighted by Crippen LogP contribution is -2.52. The van der Waals surface area contributed by atoms with Crippen LogP contribution in [-0.2, 0) is 29.6 Å². The maximum atomic E-state index is 13.9. The number of amidine groups is 1. The number of hydrogen-bond acceptors (Lipinski definition) is 4.